The largest absolute Gasteiger partial charge is 0.461 e. The average Bonchev–Trinajstić information content (AvgIpc) is 2.56. The summed E-state index contributed by atoms with van der Waals surface area (Å²) in [4.78, 5) is 26.4. The number of hydrogen-bond acceptors (Lipinski definition) is 6. The molecule has 0 amide bonds. The van der Waals surface area contributed by atoms with E-state index in [1.807, 2.05) is 0 Å². The minimum Gasteiger partial charge on any atom is -0.461 e. The first-order valence-electron chi connectivity index (χ1n) is 7.45. The molecule has 1 aliphatic heterocycles. The lowest BCUT2D eigenvalue weighted by Gasteiger charge is -2.26. The molecular formula is C16H15Br2NO5. The quantitative estimate of drug-likeness (QED) is 0.516. The van der Waals surface area contributed by atoms with Gasteiger partial charge in [0.15, 0.2) is 5.58 Å². The normalized spacial score (nSPS) is 15.6. The molecular weight excluding hydrogens is 446 g/mol. The zero-order valence-electron chi connectivity index (χ0n) is 12.7. The summed E-state index contributed by atoms with van der Waals surface area (Å²) in [6.07, 6.45) is 0. The highest BCUT2D eigenvalue weighted by atomic mass is 79.9. The maximum absolute atomic E-state index is 12.2. The number of carbonyl (C=O) groups is 1. The van der Waals surface area contributed by atoms with Crippen molar-refractivity contribution in [3.05, 3.63) is 43.1 Å². The van der Waals surface area contributed by atoms with Gasteiger partial charge in [-0.05, 0) is 34.1 Å². The van der Waals surface area contributed by atoms with E-state index in [9.17, 15) is 9.59 Å². The Morgan fingerprint density at radius 1 is 1.21 bits per heavy atom. The first-order valence-corrected chi connectivity index (χ1v) is 9.03. The Kier molecular flexibility index (Phi) is 5.70. The van der Waals surface area contributed by atoms with Crippen LogP contribution in [-0.2, 0) is 9.47 Å². The molecule has 6 nitrogen and oxygen atoms in total. The van der Waals surface area contributed by atoms with E-state index in [1.54, 1.807) is 12.1 Å². The van der Waals surface area contributed by atoms with E-state index >= 15 is 0 Å². The summed E-state index contributed by atoms with van der Waals surface area (Å²) in [5.74, 6) is -0.671. The van der Waals surface area contributed by atoms with Crippen molar-refractivity contribution in [3.8, 4) is 0 Å². The summed E-state index contributed by atoms with van der Waals surface area (Å²) in [6.45, 7) is 3.84. The zero-order chi connectivity index (χ0) is 17.1. The Balaban J connectivity index is 1.72. The summed E-state index contributed by atoms with van der Waals surface area (Å²) < 4.78 is 17.2. The minimum absolute atomic E-state index is 0.102. The lowest BCUT2D eigenvalue weighted by atomic mass is 10.2. The molecule has 0 unspecified atom stereocenters. The number of rotatable bonds is 4. The Labute approximate surface area is 155 Å². The third-order valence-corrected chi connectivity index (χ3v) is 4.76. The average molecular weight is 461 g/mol. The SMILES string of the molecule is O=C(OCCN1CCOCC1)c1cc2cc(Br)cc(Br)c2oc1=O. The zero-order valence-corrected chi connectivity index (χ0v) is 15.9. The summed E-state index contributed by atoms with van der Waals surface area (Å²) >= 11 is 6.70. The van der Waals surface area contributed by atoms with E-state index in [0.717, 1.165) is 17.6 Å². The van der Waals surface area contributed by atoms with Crippen LogP contribution in [0.15, 0.2) is 36.4 Å². The third-order valence-electron chi connectivity index (χ3n) is 3.72. The molecule has 1 fully saturated rings. The fraction of sp³-hybridized carbons (Fsp3) is 0.375. The fourth-order valence-corrected chi connectivity index (χ4v) is 3.81. The molecule has 2 aromatic rings. The van der Waals surface area contributed by atoms with Gasteiger partial charge < -0.3 is 13.9 Å². The monoisotopic (exact) mass is 459 g/mol. The number of fused-ring (bicyclic) bond motifs is 1. The number of halogens is 2. The molecule has 0 bridgehead atoms. The molecule has 8 heteroatoms. The summed E-state index contributed by atoms with van der Waals surface area (Å²) in [6, 6.07) is 5.03. The standard InChI is InChI=1S/C16H15Br2NO5/c17-11-7-10-8-12(16(21)24-14(10)13(18)9-11)15(20)23-6-3-19-1-4-22-5-2-19/h7-9H,1-6H2. The van der Waals surface area contributed by atoms with Crippen LogP contribution in [0.4, 0.5) is 0 Å². The second-order valence-electron chi connectivity index (χ2n) is 5.34. The van der Waals surface area contributed by atoms with Crippen molar-refractivity contribution < 1.29 is 18.7 Å². The highest BCUT2D eigenvalue weighted by Crippen LogP contribution is 2.28. The second-order valence-corrected chi connectivity index (χ2v) is 7.11. The summed E-state index contributed by atoms with van der Waals surface area (Å²) in [7, 11) is 0. The van der Waals surface area contributed by atoms with Crippen molar-refractivity contribution in [2.45, 2.75) is 0 Å². The van der Waals surface area contributed by atoms with Gasteiger partial charge in [-0.3, -0.25) is 4.90 Å². The molecule has 24 heavy (non-hydrogen) atoms. The van der Waals surface area contributed by atoms with E-state index in [1.165, 1.54) is 6.07 Å². The highest BCUT2D eigenvalue weighted by Gasteiger charge is 2.17. The van der Waals surface area contributed by atoms with Crippen LogP contribution in [-0.4, -0.2) is 50.3 Å². The predicted molar refractivity (Wildman–Crippen MR) is 95.4 cm³/mol. The first-order chi connectivity index (χ1) is 11.5. The van der Waals surface area contributed by atoms with Crippen LogP contribution in [0.25, 0.3) is 11.0 Å². The van der Waals surface area contributed by atoms with Crippen LogP contribution in [0.5, 0.6) is 0 Å². The fourth-order valence-electron chi connectivity index (χ4n) is 2.47. The molecule has 1 saturated heterocycles. The number of morpholine rings is 1. The van der Waals surface area contributed by atoms with Crippen LogP contribution >= 0.6 is 31.9 Å². The molecule has 3 rings (SSSR count). The molecule has 2 heterocycles. The van der Waals surface area contributed by atoms with E-state index in [4.69, 9.17) is 13.9 Å². The highest BCUT2D eigenvalue weighted by molar-refractivity contribution is 9.11. The molecule has 0 aliphatic carbocycles. The van der Waals surface area contributed by atoms with Gasteiger partial charge in [-0.15, -0.1) is 0 Å². The molecule has 1 aromatic carbocycles. The van der Waals surface area contributed by atoms with Crippen molar-refractivity contribution in [2.24, 2.45) is 0 Å². The van der Waals surface area contributed by atoms with Crippen molar-refractivity contribution >= 4 is 48.8 Å². The van der Waals surface area contributed by atoms with Gasteiger partial charge in [0.05, 0.1) is 17.7 Å². The van der Waals surface area contributed by atoms with Crippen molar-refractivity contribution in [2.75, 3.05) is 39.5 Å². The van der Waals surface area contributed by atoms with Crippen molar-refractivity contribution in [1.29, 1.82) is 0 Å². The number of hydrogen-bond donors (Lipinski definition) is 0. The lowest BCUT2D eigenvalue weighted by molar-refractivity contribution is 0.0194. The molecule has 0 atom stereocenters. The maximum Gasteiger partial charge on any atom is 0.351 e. The van der Waals surface area contributed by atoms with Crippen LogP contribution in [0.2, 0.25) is 0 Å². The first kappa shape index (κ1) is 17.6. The Bertz CT molecular complexity index is 814. The van der Waals surface area contributed by atoms with E-state index < -0.39 is 11.6 Å². The van der Waals surface area contributed by atoms with Crippen LogP contribution in [0, 0.1) is 0 Å². The Hall–Kier alpha value is -1.22. The minimum atomic E-state index is -0.707. The molecule has 1 aliphatic rings. The van der Waals surface area contributed by atoms with E-state index in [0.29, 0.717) is 35.2 Å². The number of benzene rings is 1. The Morgan fingerprint density at radius 2 is 1.96 bits per heavy atom. The van der Waals surface area contributed by atoms with Gasteiger partial charge in [0, 0.05) is 29.5 Å². The smallest absolute Gasteiger partial charge is 0.351 e. The Morgan fingerprint density at radius 3 is 2.71 bits per heavy atom. The molecule has 0 radical (unpaired) electrons. The van der Waals surface area contributed by atoms with Gasteiger partial charge in [0.1, 0.15) is 12.2 Å². The van der Waals surface area contributed by atoms with Gasteiger partial charge in [-0.1, -0.05) is 15.9 Å². The van der Waals surface area contributed by atoms with E-state index in [2.05, 4.69) is 36.8 Å². The number of esters is 1. The molecule has 1 aromatic heterocycles. The molecule has 0 N–H and O–H groups in total. The predicted octanol–water partition coefficient (Wildman–Crippen LogP) is 2.81. The van der Waals surface area contributed by atoms with E-state index in [-0.39, 0.29) is 12.2 Å². The second kappa shape index (κ2) is 7.77. The topological polar surface area (TPSA) is 69.0 Å². The lowest BCUT2D eigenvalue weighted by Crippen LogP contribution is -2.38. The number of ether oxygens (including phenoxy) is 2. The van der Waals surface area contributed by atoms with Gasteiger partial charge in [0.25, 0.3) is 0 Å². The van der Waals surface area contributed by atoms with Crippen LogP contribution in [0.1, 0.15) is 10.4 Å². The van der Waals surface area contributed by atoms with Gasteiger partial charge in [0.2, 0.25) is 0 Å². The number of carbonyl (C=O) groups excluding carboxylic acids is 1. The van der Waals surface area contributed by atoms with Gasteiger partial charge in [-0.2, -0.15) is 0 Å². The third kappa shape index (κ3) is 4.05. The molecule has 0 spiro atoms. The summed E-state index contributed by atoms with van der Waals surface area (Å²) in [5.41, 5.74) is -0.413. The molecule has 128 valence electrons. The van der Waals surface area contributed by atoms with Gasteiger partial charge >= 0.3 is 11.6 Å². The van der Waals surface area contributed by atoms with Crippen LogP contribution < -0.4 is 5.63 Å². The number of nitrogens with zero attached hydrogens (tertiary/aromatic N) is 1. The molecule has 0 saturated carbocycles. The summed E-state index contributed by atoms with van der Waals surface area (Å²) in [5, 5.41) is 0.635. The van der Waals surface area contributed by atoms with Crippen molar-refractivity contribution in [1.82, 2.24) is 4.90 Å². The van der Waals surface area contributed by atoms with Crippen molar-refractivity contribution in [3.63, 3.8) is 0 Å². The van der Waals surface area contributed by atoms with Crippen LogP contribution in [0.3, 0.4) is 0 Å². The maximum atomic E-state index is 12.2. The van der Waals surface area contributed by atoms with Gasteiger partial charge in [-0.25, -0.2) is 9.59 Å².